The van der Waals surface area contributed by atoms with E-state index in [1.807, 2.05) is 0 Å². The number of benzene rings is 1. The van der Waals surface area contributed by atoms with Gasteiger partial charge in [-0.15, -0.1) is 0 Å². The molecule has 0 saturated carbocycles. The van der Waals surface area contributed by atoms with Crippen LogP contribution in [0.15, 0.2) is 18.2 Å². The van der Waals surface area contributed by atoms with Gasteiger partial charge in [-0.25, -0.2) is 0 Å². The molecule has 0 saturated heterocycles. The molecule has 1 amide bonds. The number of nitrogens with one attached hydrogen (secondary N) is 1. The van der Waals surface area contributed by atoms with E-state index in [-0.39, 0.29) is 16.7 Å². The maximum Gasteiger partial charge on any atom is 0.225 e. The van der Waals surface area contributed by atoms with E-state index in [2.05, 4.69) is 21.2 Å². The molecule has 0 bridgehead atoms. The molecule has 0 fully saturated rings. The van der Waals surface area contributed by atoms with Crippen LogP contribution in [0.4, 0.5) is 5.69 Å². The third-order valence-corrected chi connectivity index (χ3v) is 2.25. The quantitative estimate of drug-likeness (QED) is 0.660. The Morgan fingerprint density at radius 3 is 2.86 bits per heavy atom. The highest BCUT2D eigenvalue weighted by Crippen LogP contribution is 2.25. The normalized spacial score (nSPS) is 9.86. The van der Waals surface area contributed by atoms with Gasteiger partial charge in [0.1, 0.15) is 5.75 Å². The summed E-state index contributed by atoms with van der Waals surface area (Å²) in [6, 6.07) is 4.53. The third-order valence-electron chi connectivity index (χ3n) is 1.55. The topological polar surface area (TPSA) is 49.3 Å². The van der Waals surface area contributed by atoms with Gasteiger partial charge in [-0.1, -0.05) is 27.5 Å². The first-order chi connectivity index (χ1) is 6.63. The van der Waals surface area contributed by atoms with Crippen LogP contribution in [0.2, 0.25) is 5.02 Å². The summed E-state index contributed by atoms with van der Waals surface area (Å²) in [6.45, 7) is 0. The number of rotatable bonds is 3. The molecule has 0 spiro atoms. The van der Waals surface area contributed by atoms with Gasteiger partial charge in [0, 0.05) is 17.4 Å². The van der Waals surface area contributed by atoms with E-state index in [4.69, 9.17) is 16.7 Å². The minimum atomic E-state index is -0.0939. The molecule has 0 aliphatic rings. The van der Waals surface area contributed by atoms with E-state index in [9.17, 15) is 4.79 Å². The second-order valence-electron chi connectivity index (χ2n) is 2.65. The van der Waals surface area contributed by atoms with E-state index >= 15 is 0 Å². The van der Waals surface area contributed by atoms with Crippen LogP contribution in [-0.2, 0) is 4.79 Å². The zero-order chi connectivity index (χ0) is 10.6. The number of phenolic OH excluding ortho intramolecular Hbond substituents is 1. The molecule has 0 radical (unpaired) electrons. The fourth-order valence-electron chi connectivity index (χ4n) is 0.894. The molecule has 1 aromatic rings. The number of aromatic hydroxyl groups is 1. The Balaban J connectivity index is 2.68. The fraction of sp³-hybridized carbons (Fsp3) is 0.222. The van der Waals surface area contributed by atoms with Gasteiger partial charge in [0.05, 0.1) is 5.02 Å². The lowest BCUT2D eigenvalue weighted by Gasteiger charge is -2.04. The van der Waals surface area contributed by atoms with Crippen molar-refractivity contribution >= 4 is 39.1 Å². The maximum absolute atomic E-state index is 11.2. The van der Waals surface area contributed by atoms with Crippen molar-refractivity contribution in [3.63, 3.8) is 0 Å². The lowest BCUT2D eigenvalue weighted by atomic mass is 10.3. The zero-order valence-corrected chi connectivity index (χ0v) is 9.60. The Morgan fingerprint density at radius 2 is 2.29 bits per heavy atom. The molecular formula is C9H9BrClNO2. The van der Waals surface area contributed by atoms with Crippen molar-refractivity contribution in [1.82, 2.24) is 0 Å². The largest absolute Gasteiger partial charge is 0.506 e. The third kappa shape index (κ3) is 3.20. The van der Waals surface area contributed by atoms with Crippen LogP contribution < -0.4 is 5.32 Å². The Labute approximate surface area is 95.2 Å². The van der Waals surface area contributed by atoms with Crippen LogP contribution in [0.3, 0.4) is 0 Å². The van der Waals surface area contributed by atoms with Crippen molar-refractivity contribution in [1.29, 1.82) is 0 Å². The van der Waals surface area contributed by atoms with Crippen molar-refractivity contribution in [2.45, 2.75) is 6.42 Å². The Hall–Kier alpha value is -0.740. The minimum Gasteiger partial charge on any atom is -0.506 e. The van der Waals surface area contributed by atoms with Crippen LogP contribution in [0.1, 0.15) is 6.42 Å². The van der Waals surface area contributed by atoms with E-state index in [0.717, 1.165) is 0 Å². The Morgan fingerprint density at radius 1 is 1.57 bits per heavy atom. The molecule has 5 heteroatoms. The number of hydrogen-bond acceptors (Lipinski definition) is 2. The fourth-order valence-corrected chi connectivity index (χ4v) is 1.43. The number of amides is 1. The van der Waals surface area contributed by atoms with Gasteiger partial charge in [0.15, 0.2) is 0 Å². The zero-order valence-electron chi connectivity index (χ0n) is 7.26. The molecule has 0 aliphatic heterocycles. The van der Waals surface area contributed by atoms with Gasteiger partial charge in [0.2, 0.25) is 5.91 Å². The molecule has 3 nitrogen and oxygen atoms in total. The molecule has 0 atom stereocenters. The summed E-state index contributed by atoms with van der Waals surface area (Å²) in [7, 11) is 0. The summed E-state index contributed by atoms with van der Waals surface area (Å²) in [5.74, 6) is -0.0891. The first-order valence-corrected chi connectivity index (χ1v) is 5.47. The lowest BCUT2D eigenvalue weighted by Crippen LogP contribution is -2.11. The average molecular weight is 279 g/mol. The first kappa shape index (κ1) is 11.3. The SMILES string of the molecule is O=C(CCBr)Nc1ccc(O)c(Cl)c1. The standard InChI is InChI=1S/C9H9BrClNO2/c10-4-3-9(14)12-6-1-2-8(13)7(11)5-6/h1-2,5,13H,3-4H2,(H,12,14). The molecule has 1 rings (SSSR count). The molecule has 76 valence electrons. The molecule has 2 N–H and O–H groups in total. The van der Waals surface area contributed by atoms with E-state index in [1.54, 1.807) is 6.07 Å². The Kier molecular flexibility index (Phi) is 4.22. The van der Waals surface area contributed by atoms with Crippen molar-refractivity contribution < 1.29 is 9.90 Å². The number of anilines is 1. The van der Waals surface area contributed by atoms with Crippen LogP contribution in [0.25, 0.3) is 0 Å². The molecule has 0 heterocycles. The summed E-state index contributed by atoms with van der Waals surface area (Å²) >= 11 is 8.83. The number of alkyl halides is 1. The van der Waals surface area contributed by atoms with Gasteiger partial charge in [-0.3, -0.25) is 4.79 Å². The van der Waals surface area contributed by atoms with Gasteiger partial charge >= 0.3 is 0 Å². The van der Waals surface area contributed by atoms with E-state index in [1.165, 1.54) is 12.1 Å². The van der Waals surface area contributed by atoms with Gasteiger partial charge in [0.25, 0.3) is 0 Å². The average Bonchev–Trinajstić information content (AvgIpc) is 2.12. The number of phenols is 1. The summed E-state index contributed by atoms with van der Waals surface area (Å²) in [6.07, 6.45) is 0.401. The molecule has 14 heavy (non-hydrogen) atoms. The van der Waals surface area contributed by atoms with Crippen LogP contribution >= 0.6 is 27.5 Å². The second kappa shape index (κ2) is 5.22. The van der Waals surface area contributed by atoms with Crippen molar-refractivity contribution in [2.24, 2.45) is 0 Å². The number of hydrogen-bond donors (Lipinski definition) is 2. The van der Waals surface area contributed by atoms with Gasteiger partial charge < -0.3 is 10.4 Å². The van der Waals surface area contributed by atoms with Crippen LogP contribution in [0.5, 0.6) is 5.75 Å². The smallest absolute Gasteiger partial charge is 0.225 e. The van der Waals surface area contributed by atoms with Crippen LogP contribution in [0, 0.1) is 0 Å². The predicted octanol–water partition coefficient (Wildman–Crippen LogP) is 2.77. The van der Waals surface area contributed by atoms with Crippen molar-refractivity contribution in [2.75, 3.05) is 10.6 Å². The van der Waals surface area contributed by atoms with E-state index in [0.29, 0.717) is 17.4 Å². The summed E-state index contributed by atoms with van der Waals surface area (Å²) < 4.78 is 0. The molecule has 1 aromatic carbocycles. The second-order valence-corrected chi connectivity index (χ2v) is 3.85. The maximum atomic E-state index is 11.2. The number of halogens is 2. The lowest BCUT2D eigenvalue weighted by molar-refractivity contribution is -0.115. The highest BCUT2D eigenvalue weighted by atomic mass is 79.9. The van der Waals surface area contributed by atoms with Crippen LogP contribution in [-0.4, -0.2) is 16.3 Å². The van der Waals surface area contributed by atoms with Crippen molar-refractivity contribution in [3.05, 3.63) is 23.2 Å². The summed E-state index contributed by atoms with van der Waals surface area (Å²) in [5, 5.41) is 12.6. The van der Waals surface area contributed by atoms with Gasteiger partial charge in [-0.05, 0) is 18.2 Å². The number of carbonyl (C=O) groups is 1. The van der Waals surface area contributed by atoms with Crippen molar-refractivity contribution in [3.8, 4) is 5.75 Å². The predicted molar refractivity (Wildman–Crippen MR) is 60.2 cm³/mol. The minimum absolute atomic E-state index is 0.00478. The summed E-state index contributed by atoms with van der Waals surface area (Å²) in [5.41, 5.74) is 0.582. The Bertz CT molecular complexity index is 344. The first-order valence-electron chi connectivity index (χ1n) is 3.98. The molecular weight excluding hydrogens is 269 g/mol. The number of carbonyl (C=O) groups excluding carboxylic acids is 1. The highest BCUT2D eigenvalue weighted by Gasteiger charge is 2.03. The molecule has 0 unspecified atom stereocenters. The molecule has 0 aliphatic carbocycles. The molecule has 0 aromatic heterocycles. The van der Waals surface area contributed by atoms with Gasteiger partial charge in [-0.2, -0.15) is 0 Å². The summed E-state index contributed by atoms with van der Waals surface area (Å²) in [4.78, 5) is 11.2. The monoisotopic (exact) mass is 277 g/mol. The van der Waals surface area contributed by atoms with E-state index < -0.39 is 0 Å². The highest BCUT2D eigenvalue weighted by molar-refractivity contribution is 9.09.